The molecule has 0 radical (unpaired) electrons. The zero-order chi connectivity index (χ0) is 13.5. The zero-order valence-corrected chi connectivity index (χ0v) is 10.2. The first-order chi connectivity index (χ1) is 9.24. The summed E-state index contributed by atoms with van der Waals surface area (Å²) < 4.78 is 18.0. The number of hydrogen-bond donors (Lipinski definition) is 1. The first kappa shape index (κ1) is 13.0. The van der Waals surface area contributed by atoms with Crippen molar-refractivity contribution in [2.45, 2.75) is 6.54 Å². The molecule has 1 heterocycles. The Morgan fingerprint density at radius 2 is 2.16 bits per heavy atom. The summed E-state index contributed by atoms with van der Waals surface area (Å²) >= 11 is 0. The fourth-order valence-electron chi connectivity index (χ4n) is 1.45. The summed E-state index contributed by atoms with van der Waals surface area (Å²) in [5.41, 5.74) is 0.765. The molecule has 0 saturated carbocycles. The lowest BCUT2D eigenvalue weighted by atomic mass is 10.3. The van der Waals surface area contributed by atoms with E-state index in [0.29, 0.717) is 12.3 Å². The number of carbonyl (C=O) groups is 1. The van der Waals surface area contributed by atoms with Crippen molar-refractivity contribution in [2.24, 2.45) is 0 Å². The molecule has 1 amide bonds. The Bertz CT molecular complexity index is 546. The predicted octanol–water partition coefficient (Wildman–Crippen LogP) is 1.92. The van der Waals surface area contributed by atoms with Crippen molar-refractivity contribution in [3.63, 3.8) is 0 Å². The molecule has 19 heavy (non-hydrogen) atoms. The number of pyridine rings is 1. The van der Waals surface area contributed by atoms with Gasteiger partial charge in [-0.15, -0.1) is 0 Å². The zero-order valence-electron chi connectivity index (χ0n) is 10.2. The summed E-state index contributed by atoms with van der Waals surface area (Å²) in [6.07, 6.45) is 1.66. The number of carbonyl (C=O) groups excluding carboxylic acids is 1. The van der Waals surface area contributed by atoms with Gasteiger partial charge in [-0.2, -0.15) is 0 Å². The SMILES string of the molecule is O=C(COc1cccc(F)c1)NCc1ccccn1. The van der Waals surface area contributed by atoms with Crippen molar-refractivity contribution in [3.05, 3.63) is 60.2 Å². The Kier molecular flexibility index (Phi) is 4.44. The van der Waals surface area contributed by atoms with Gasteiger partial charge in [0.2, 0.25) is 0 Å². The van der Waals surface area contributed by atoms with E-state index < -0.39 is 5.82 Å². The van der Waals surface area contributed by atoms with Crippen LogP contribution in [0.5, 0.6) is 5.75 Å². The number of aromatic nitrogens is 1. The number of ether oxygens (including phenoxy) is 1. The Morgan fingerprint density at radius 1 is 1.26 bits per heavy atom. The van der Waals surface area contributed by atoms with Gasteiger partial charge in [-0.25, -0.2) is 4.39 Å². The summed E-state index contributed by atoms with van der Waals surface area (Å²) in [6.45, 7) is 0.183. The molecule has 0 atom stereocenters. The standard InChI is InChI=1S/C14H13FN2O2/c15-11-4-3-6-13(8-11)19-10-14(18)17-9-12-5-1-2-7-16-12/h1-8H,9-10H2,(H,17,18). The maximum absolute atomic E-state index is 12.9. The molecular weight excluding hydrogens is 247 g/mol. The van der Waals surface area contributed by atoms with Gasteiger partial charge in [-0.1, -0.05) is 12.1 Å². The van der Waals surface area contributed by atoms with Crippen LogP contribution in [0.2, 0.25) is 0 Å². The number of benzene rings is 1. The molecule has 98 valence electrons. The van der Waals surface area contributed by atoms with Gasteiger partial charge in [0.25, 0.3) is 5.91 Å². The normalized spacial score (nSPS) is 9.95. The Morgan fingerprint density at radius 3 is 2.89 bits per heavy atom. The fraction of sp³-hybridized carbons (Fsp3) is 0.143. The third-order valence-electron chi connectivity index (χ3n) is 2.36. The van der Waals surface area contributed by atoms with E-state index in [1.807, 2.05) is 12.1 Å². The van der Waals surface area contributed by atoms with Crippen molar-refractivity contribution < 1.29 is 13.9 Å². The summed E-state index contributed by atoms with van der Waals surface area (Å²) in [6, 6.07) is 11.1. The highest BCUT2D eigenvalue weighted by atomic mass is 19.1. The average molecular weight is 260 g/mol. The first-order valence-electron chi connectivity index (χ1n) is 5.79. The molecule has 0 unspecified atom stereocenters. The lowest BCUT2D eigenvalue weighted by Crippen LogP contribution is -2.28. The molecule has 0 fully saturated rings. The summed E-state index contributed by atoms with van der Waals surface area (Å²) in [5.74, 6) is -0.353. The van der Waals surface area contributed by atoms with Crippen LogP contribution < -0.4 is 10.1 Å². The molecular formula is C14H13FN2O2. The van der Waals surface area contributed by atoms with Crippen molar-refractivity contribution in [1.82, 2.24) is 10.3 Å². The average Bonchev–Trinajstić information content (AvgIpc) is 2.44. The lowest BCUT2D eigenvalue weighted by Gasteiger charge is -2.07. The monoisotopic (exact) mass is 260 g/mol. The van der Waals surface area contributed by atoms with E-state index in [1.165, 1.54) is 18.2 Å². The van der Waals surface area contributed by atoms with Gasteiger partial charge in [-0.05, 0) is 24.3 Å². The largest absolute Gasteiger partial charge is 0.484 e. The van der Waals surface area contributed by atoms with Gasteiger partial charge in [0.1, 0.15) is 11.6 Å². The molecule has 0 aliphatic heterocycles. The quantitative estimate of drug-likeness (QED) is 0.893. The topological polar surface area (TPSA) is 51.2 Å². The van der Waals surface area contributed by atoms with Gasteiger partial charge >= 0.3 is 0 Å². The highest BCUT2D eigenvalue weighted by Crippen LogP contribution is 2.11. The first-order valence-corrected chi connectivity index (χ1v) is 5.79. The predicted molar refractivity (Wildman–Crippen MR) is 68.0 cm³/mol. The highest BCUT2D eigenvalue weighted by molar-refractivity contribution is 5.77. The molecule has 1 N–H and O–H groups in total. The molecule has 0 aliphatic rings. The minimum Gasteiger partial charge on any atom is -0.484 e. The van der Waals surface area contributed by atoms with E-state index in [4.69, 9.17) is 4.74 Å². The minimum absolute atomic E-state index is 0.156. The lowest BCUT2D eigenvalue weighted by molar-refractivity contribution is -0.123. The second kappa shape index (κ2) is 6.49. The van der Waals surface area contributed by atoms with E-state index in [2.05, 4.69) is 10.3 Å². The second-order valence-corrected chi connectivity index (χ2v) is 3.84. The Hall–Kier alpha value is -2.43. The van der Waals surface area contributed by atoms with Crippen LogP contribution in [0.3, 0.4) is 0 Å². The van der Waals surface area contributed by atoms with Gasteiger partial charge in [0.05, 0.1) is 12.2 Å². The Labute approximate surface area is 110 Å². The van der Waals surface area contributed by atoms with Gasteiger partial charge in [0, 0.05) is 12.3 Å². The molecule has 4 nitrogen and oxygen atoms in total. The van der Waals surface area contributed by atoms with E-state index >= 15 is 0 Å². The number of nitrogens with one attached hydrogen (secondary N) is 1. The number of nitrogens with zero attached hydrogens (tertiary/aromatic N) is 1. The minimum atomic E-state index is -0.397. The highest BCUT2D eigenvalue weighted by Gasteiger charge is 2.03. The van der Waals surface area contributed by atoms with E-state index in [-0.39, 0.29) is 12.5 Å². The number of amides is 1. The molecule has 0 aliphatic carbocycles. The van der Waals surface area contributed by atoms with Crippen LogP contribution in [-0.2, 0) is 11.3 Å². The van der Waals surface area contributed by atoms with Crippen LogP contribution in [0.4, 0.5) is 4.39 Å². The second-order valence-electron chi connectivity index (χ2n) is 3.84. The number of hydrogen-bond acceptors (Lipinski definition) is 3. The Balaban J connectivity index is 1.76. The van der Waals surface area contributed by atoms with Crippen LogP contribution in [0.1, 0.15) is 5.69 Å². The molecule has 0 spiro atoms. The van der Waals surface area contributed by atoms with Crippen molar-refractivity contribution in [2.75, 3.05) is 6.61 Å². The van der Waals surface area contributed by atoms with Gasteiger partial charge in [-0.3, -0.25) is 9.78 Å². The smallest absolute Gasteiger partial charge is 0.258 e. The molecule has 0 bridgehead atoms. The van der Waals surface area contributed by atoms with Gasteiger partial charge in [0.15, 0.2) is 6.61 Å². The molecule has 1 aromatic heterocycles. The van der Waals surface area contributed by atoms with Crippen LogP contribution in [-0.4, -0.2) is 17.5 Å². The number of rotatable bonds is 5. The molecule has 2 rings (SSSR count). The van der Waals surface area contributed by atoms with E-state index in [9.17, 15) is 9.18 Å². The third kappa shape index (κ3) is 4.39. The molecule has 0 saturated heterocycles. The van der Waals surface area contributed by atoms with Crippen LogP contribution in [0.25, 0.3) is 0 Å². The van der Waals surface area contributed by atoms with Crippen molar-refractivity contribution in [3.8, 4) is 5.75 Å². The molecule has 2 aromatic rings. The maximum atomic E-state index is 12.9. The van der Waals surface area contributed by atoms with Crippen molar-refractivity contribution >= 4 is 5.91 Å². The van der Waals surface area contributed by atoms with Crippen LogP contribution >= 0.6 is 0 Å². The van der Waals surface area contributed by atoms with Crippen LogP contribution in [0.15, 0.2) is 48.7 Å². The van der Waals surface area contributed by atoms with Gasteiger partial charge < -0.3 is 10.1 Å². The fourth-order valence-corrected chi connectivity index (χ4v) is 1.45. The van der Waals surface area contributed by atoms with E-state index in [1.54, 1.807) is 18.3 Å². The van der Waals surface area contributed by atoms with E-state index in [0.717, 1.165) is 5.69 Å². The summed E-state index contributed by atoms with van der Waals surface area (Å²) in [7, 11) is 0. The summed E-state index contributed by atoms with van der Waals surface area (Å²) in [5, 5.41) is 2.66. The summed E-state index contributed by atoms with van der Waals surface area (Å²) in [4.78, 5) is 15.6. The third-order valence-corrected chi connectivity index (χ3v) is 2.36. The molecule has 5 heteroatoms. The van der Waals surface area contributed by atoms with Crippen LogP contribution in [0, 0.1) is 5.82 Å². The van der Waals surface area contributed by atoms with Crippen molar-refractivity contribution in [1.29, 1.82) is 0 Å². The molecule has 1 aromatic carbocycles. The maximum Gasteiger partial charge on any atom is 0.258 e. The number of halogens is 1.